The summed E-state index contributed by atoms with van der Waals surface area (Å²) < 4.78 is 0. The second-order valence-corrected chi connectivity index (χ2v) is 3.92. The number of carbonyl (C=O) groups excluding carboxylic acids is 1. The lowest BCUT2D eigenvalue weighted by Crippen LogP contribution is -2.23. The Balaban J connectivity index is 2.61. The number of nitrogens with zero attached hydrogens (tertiary/aromatic N) is 1. The molecule has 74 valence electrons. The largest absolute Gasteiger partial charge is 0.327 e. The van der Waals surface area contributed by atoms with Crippen LogP contribution in [0.1, 0.15) is 18.9 Å². The Labute approximate surface area is 86.3 Å². The number of thiophene rings is 1. The molecule has 3 N–H and O–H groups in total. The maximum atomic E-state index is 11.3. The number of nitrogens with two attached hydrogens (primary N) is 1. The second-order valence-electron chi connectivity index (χ2n) is 3.00. The summed E-state index contributed by atoms with van der Waals surface area (Å²) in [5.74, 6) is -0.154. The van der Waals surface area contributed by atoms with E-state index in [-0.39, 0.29) is 18.4 Å². The average molecular weight is 209 g/mol. The minimum atomic E-state index is -0.166. The van der Waals surface area contributed by atoms with Gasteiger partial charge in [0, 0.05) is 12.5 Å². The van der Waals surface area contributed by atoms with E-state index in [0.717, 1.165) is 0 Å². The van der Waals surface area contributed by atoms with Crippen LogP contribution in [0.15, 0.2) is 11.4 Å². The normalized spacial score (nSPS) is 11.8. The fourth-order valence-electron chi connectivity index (χ4n) is 0.964. The lowest BCUT2D eigenvalue weighted by Gasteiger charge is -2.05. The molecule has 1 amide bonds. The molecular weight excluding hydrogens is 198 g/mol. The topological polar surface area (TPSA) is 78.9 Å². The van der Waals surface area contributed by atoms with E-state index in [9.17, 15) is 4.79 Å². The van der Waals surface area contributed by atoms with Crippen LogP contribution in [0.3, 0.4) is 0 Å². The molecule has 0 aliphatic heterocycles. The van der Waals surface area contributed by atoms with E-state index in [4.69, 9.17) is 11.0 Å². The molecule has 0 saturated carbocycles. The molecule has 1 heterocycles. The first-order valence-electron chi connectivity index (χ1n) is 4.16. The van der Waals surface area contributed by atoms with Crippen molar-refractivity contribution in [1.29, 1.82) is 5.26 Å². The highest BCUT2D eigenvalue weighted by molar-refractivity contribution is 7.14. The van der Waals surface area contributed by atoms with Crippen molar-refractivity contribution in [2.24, 2.45) is 5.73 Å². The van der Waals surface area contributed by atoms with Gasteiger partial charge in [-0.15, -0.1) is 11.3 Å². The third kappa shape index (κ3) is 2.83. The van der Waals surface area contributed by atoms with Gasteiger partial charge in [-0.05, 0) is 18.4 Å². The first-order chi connectivity index (χ1) is 6.63. The van der Waals surface area contributed by atoms with E-state index < -0.39 is 0 Å². The smallest absolute Gasteiger partial charge is 0.226 e. The van der Waals surface area contributed by atoms with Gasteiger partial charge in [-0.2, -0.15) is 5.26 Å². The zero-order valence-electron chi connectivity index (χ0n) is 7.78. The van der Waals surface area contributed by atoms with Gasteiger partial charge in [-0.1, -0.05) is 0 Å². The number of nitriles is 1. The predicted molar refractivity (Wildman–Crippen MR) is 55.9 cm³/mol. The maximum Gasteiger partial charge on any atom is 0.226 e. The van der Waals surface area contributed by atoms with Crippen LogP contribution in [-0.2, 0) is 4.79 Å². The molecule has 0 spiro atoms. The van der Waals surface area contributed by atoms with Crippen LogP contribution < -0.4 is 11.1 Å². The van der Waals surface area contributed by atoms with Crippen molar-refractivity contribution >= 4 is 22.2 Å². The summed E-state index contributed by atoms with van der Waals surface area (Å²) in [7, 11) is 0. The van der Waals surface area contributed by atoms with E-state index in [1.54, 1.807) is 18.4 Å². The van der Waals surface area contributed by atoms with Crippen molar-refractivity contribution in [2.45, 2.75) is 19.4 Å². The molecule has 0 aliphatic rings. The van der Waals surface area contributed by atoms with E-state index in [2.05, 4.69) is 5.32 Å². The number of nitrogens with one attached hydrogen (secondary N) is 1. The van der Waals surface area contributed by atoms with E-state index in [1.165, 1.54) is 11.3 Å². The van der Waals surface area contributed by atoms with Crippen molar-refractivity contribution in [2.75, 3.05) is 5.32 Å². The SMILES string of the molecule is CC(N)CC(=O)Nc1sccc1C#N. The predicted octanol–water partition coefficient (Wildman–Crippen LogP) is 1.30. The highest BCUT2D eigenvalue weighted by Crippen LogP contribution is 2.22. The minimum Gasteiger partial charge on any atom is -0.327 e. The molecule has 0 aromatic carbocycles. The number of amides is 1. The Kier molecular flexibility index (Phi) is 3.63. The third-order valence-electron chi connectivity index (χ3n) is 1.55. The summed E-state index contributed by atoms with van der Waals surface area (Å²) in [6, 6.07) is 3.51. The van der Waals surface area contributed by atoms with Gasteiger partial charge in [0.05, 0.1) is 5.56 Å². The van der Waals surface area contributed by atoms with Crippen molar-refractivity contribution < 1.29 is 4.79 Å². The van der Waals surface area contributed by atoms with Gasteiger partial charge in [-0.25, -0.2) is 0 Å². The highest BCUT2D eigenvalue weighted by Gasteiger charge is 2.09. The van der Waals surface area contributed by atoms with Crippen LogP contribution in [0.5, 0.6) is 0 Å². The monoisotopic (exact) mass is 209 g/mol. The van der Waals surface area contributed by atoms with E-state index in [0.29, 0.717) is 10.6 Å². The summed E-state index contributed by atoms with van der Waals surface area (Å²) in [5.41, 5.74) is 5.96. The average Bonchev–Trinajstić information content (AvgIpc) is 2.50. The molecule has 5 heteroatoms. The van der Waals surface area contributed by atoms with Gasteiger partial charge in [0.1, 0.15) is 11.1 Å². The van der Waals surface area contributed by atoms with Gasteiger partial charge in [0.2, 0.25) is 5.91 Å². The third-order valence-corrected chi connectivity index (χ3v) is 2.38. The number of anilines is 1. The van der Waals surface area contributed by atoms with E-state index in [1.807, 2.05) is 6.07 Å². The van der Waals surface area contributed by atoms with Crippen LogP contribution in [-0.4, -0.2) is 11.9 Å². The Hall–Kier alpha value is -1.38. The van der Waals surface area contributed by atoms with Gasteiger partial charge in [0.25, 0.3) is 0 Å². The molecule has 1 aromatic heterocycles. The van der Waals surface area contributed by atoms with Crippen LogP contribution in [0.4, 0.5) is 5.00 Å². The summed E-state index contributed by atoms with van der Waals surface area (Å²) in [6.07, 6.45) is 0.267. The number of rotatable bonds is 3. The highest BCUT2D eigenvalue weighted by atomic mass is 32.1. The van der Waals surface area contributed by atoms with Crippen molar-refractivity contribution in [1.82, 2.24) is 0 Å². The van der Waals surface area contributed by atoms with Gasteiger partial charge < -0.3 is 11.1 Å². The van der Waals surface area contributed by atoms with Crippen LogP contribution in [0.25, 0.3) is 0 Å². The lowest BCUT2D eigenvalue weighted by molar-refractivity contribution is -0.116. The number of hydrogen-bond donors (Lipinski definition) is 2. The Morgan fingerprint density at radius 1 is 1.86 bits per heavy atom. The summed E-state index contributed by atoms with van der Waals surface area (Å²) in [4.78, 5) is 11.3. The second kappa shape index (κ2) is 4.74. The van der Waals surface area contributed by atoms with Crippen LogP contribution >= 0.6 is 11.3 Å². The molecule has 1 rings (SSSR count). The molecule has 0 saturated heterocycles. The molecule has 0 bridgehead atoms. The van der Waals surface area contributed by atoms with E-state index >= 15 is 0 Å². The summed E-state index contributed by atoms with van der Waals surface area (Å²) in [5, 5.41) is 13.7. The fourth-order valence-corrected chi connectivity index (χ4v) is 1.72. The number of hydrogen-bond acceptors (Lipinski definition) is 4. The Morgan fingerprint density at radius 2 is 2.57 bits per heavy atom. The summed E-state index contributed by atoms with van der Waals surface area (Å²) >= 11 is 1.33. The quantitative estimate of drug-likeness (QED) is 0.787. The summed E-state index contributed by atoms with van der Waals surface area (Å²) in [6.45, 7) is 1.76. The number of carbonyl (C=O) groups is 1. The van der Waals surface area contributed by atoms with Gasteiger partial charge in [0.15, 0.2) is 0 Å². The van der Waals surface area contributed by atoms with Crippen molar-refractivity contribution in [3.63, 3.8) is 0 Å². The van der Waals surface area contributed by atoms with Gasteiger partial charge >= 0.3 is 0 Å². The first kappa shape index (κ1) is 10.7. The minimum absolute atomic E-state index is 0.154. The Bertz CT molecular complexity index is 364. The van der Waals surface area contributed by atoms with Crippen LogP contribution in [0.2, 0.25) is 0 Å². The van der Waals surface area contributed by atoms with Crippen LogP contribution in [0, 0.1) is 11.3 Å². The molecule has 4 nitrogen and oxygen atoms in total. The molecule has 1 atom stereocenters. The molecule has 0 radical (unpaired) electrons. The lowest BCUT2D eigenvalue weighted by atomic mass is 10.2. The molecule has 14 heavy (non-hydrogen) atoms. The fraction of sp³-hybridized carbons (Fsp3) is 0.333. The standard InChI is InChI=1S/C9H11N3OS/c1-6(11)4-8(13)12-9-7(5-10)2-3-14-9/h2-3,6H,4,11H2,1H3,(H,12,13). The maximum absolute atomic E-state index is 11.3. The zero-order valence-corrected chi connectivity index (χ0v) is 8.60. The zero-order chi connectivity index (χ0) is 10.6. The molecule has 1 aromatic rings. The first-order valence-corrected chi connectivity index (χ1v) is 5.04. The van der Waals surface area contributed by atoms with Crippen molar-refractivity contribution in [3.05, 3.63) is 17.0 Å². The molecule has 1 unspecified atom stereocenters. The molecular formula is C9H11N3OS. The van der Waals surface area contributed by atoms with Crippen molar-refractivity contribution in [3.8, 4) is 6.07 Å². The molecule has 0 fully saturated rings. The Morgan fingerprint density at radius 3 is 3.14 bits per heavy atom. The van der Waals surface area contributed by atoms with Gasteiger partial charge in [-0.3, -0.25) is 4.79 Å². The molecule has 0 aliphatic carbocycles.